The molecule has 140 valence electrons. The van der Waals surface area contributed by atoms with Crippen molar-refractivity contribution in [3.63, 3.8) is 0 Å². The Kier molecular flexibility index (Phi) is 5.11. The maximum absolute atomic E-state index is 4.68. The molecule has 0 saturated carbocycles. The van der Waals surface area contributed by atoms with E-state index in [9.17, 15) is 0 Å². The van der Waals surface area contributed by atoms with E-state index in [2.05, 4.69) is 55.8 Å². The van der Waals surface area contributed by atoms with E-state index in [4.69, 9.17) is 0 Å². The maximum atomic E-state index is 4.68. The molecule has 1 fully saturated rings. The van der Waals surface area contributed by atoms with Crippen LogP contribution in [-0.4, -0.2) is 37.8 Å². The summed E-state index contributed by atoms with van der Waals surface area (Å²) in [5.41, 5.74) is 3.34. The van der Waals surface area contributed by atoms with Gasteiger partial charge in [0.05, 0.1) is 5.69 Å². The Hall–Kier alpha value is -2.80. The summed E-state index contributed by atoms with van der Waals surface area (Å²) in [5.74, 6) is 2.23. The normalized spacial score (nSPS) is 16.2. The Balaban J connectivity index is 1.49. The molecule has 1 unspecified atom stereocenters. The zero-order chi connectivity index (χ0) is 18.6. The third kappa shape index (κ3) is 4.14. The van der Waals surface area contributed by atoms with Crippen molar-refractivity contribution in [2.45, 2.75) is 38.6 Å². The van der Waals surface area contributed by atoms with Gasteiger partial charge in [-0.05, 0) is 57.5 Å². The van der Waals surface area contributed by atoms with Crippen LogP contribution >= 0.6 is 0 Å². The van der Waals surface area contributed by atoms with Gasteiger partial charge in [-0.1, -0.05) is 12.1 Å². The Bertz CT molecular complexity index is 868. The summed E-state index contributed by atoms with van der Waals surface area (Å²) in [4.78, 5) is 13.3. The molecule has 0 aliphatic carbocycles. The summed E-state index contributed by atoms with van der Waals surface area (Å²) in [7, 11) is 0. The third-order valence-electron chi connectivity index (χ3n) is 5.06. The van der Waals surface area contributed by atoms with Crippen LogP contribution in [0.1, 0.15) is 48.8 Å². The van der Waals surface area contributed by atoms with E-state index in [0.29, 0.717) is 5.92 Å². The fourth-order valence-electron chi connectivity index (χ4n) is 3.55. The number of piperidine rings is 1. The van der Waals surface area contributed by atoms with Crippen molar-refractivity contribution < 1.29 is 0 Å². The van der Waals surface area contributed by atoms with Crippen LogP contribution in [0, 0.1) is 6.92 Å². The second kappa shape index (κ2) is 7.84. The van der Waals surface area contributed by atoms with E-state index in [1.165, 1.54) is 11.9 Å². The van der Waals surface area contributed by atoms with Crippen molar-refractivity contribution in [2.24, 2.45) is 0 Å². The fourth-order valence-corrected chi connectivity index (χ4v) is 3.55. The highest BCUT2D eigenvalue weighted by Crippen LogP contribution is 2.26. The van der Waals surface area contributed by atoms with Crippen LogP contribution < -0.4 is 10.6 Å². The second-order valence-electron chi connectivity index (χ2n) is 7.05. The Labute approximate surface area is 159 Å². The summed E-state index contributed by atoms with van der Waals surface area (Å²) in [6.07, 6.45) is 5.50. The lowest BCUT2D eigenvalue weighted by Crippen LogP contribution is -2.27. The van der Waals surface area contributed by atoms with E-state index in [0.717, 1.165) is 49.0 Å². The number of hydrogen-bond donors (Lipinski definition) is 2. The van der Waals surface area contributed by atoms with Crippen LogP contribution in [0.2, 0.25) is 0 Å². The molecule has 0 spiro atoms. The number of nitrogens with one attached hydrogen (secondary N) is 2. The summed E-state index contributed by atoms with van der Waals surface area (Å²) in [6, 6.07) is 10.6. The van der Waals surface area contributed by atoms with Gasteiger partial charge >= 0.3 is 0 Å². The lowest BCUT2D eigenvalue weighted by molar-refractivity contribution is 0.452. The van der Waals surface area contributed by atoms with Crippen molar-refractivity contribution in [2.75, 3.05) is 18.4 Å². The molecule has 0 radical (unpaired) electrons. The molecule has 4 rings (SSSR count). The van der Waals surface area contributed by atoms with Gasteiger partial charge in [0.25, 0.3) is 0 Å². The lowest BCUT2D eigenvalue weighted by atomic mass is 9.94. The molecule has 7 heteroatoms. The molecule has 0 bridgehead atoms. The highest BCUT2D eigenvalue weighted by atomic mass is 15.3. The van der Waals surface area contributed by atoms with Crippen LogP contribution in [-0.2, 0) is 0 Å². The molecule has 27 heavy (non-hydrogen) atoms. The van der Waals surface area contributed by atoms with Gasteiger partial charge in [0, 0.05) is 23.7 Å². The van der Waals surface area contributed by atoms with E-state index < -0.39 is 0 Å². The number of anilines is 1. The Morgan fingerprint density at radius 1 is 1.15 bits per heavy atom. The first-order valence-electron chi connectivity index (χ1n) is 9.47. The van der Waals surface area contributed by atoms with Crippen LogP contribution in [0.5, 0.6) is 0 Å². The van der Waals surface area contributed by atoms with Crippen molar-refractivity contribution in [1.29, 1.82) is 0 Å². The number of aromatic nitrogens is 5. The van der Waals surface area contributed by atoms with Crippen molar-refractivity contribution in [3.05, 3.63) is 60.1 Å². The van der Waals surface area contributed by atoms with Gasteiger partial charge in [-0.2, -0.15) is 5.10 Å². The molecule has 1 atom stereocenters. The van der Waals surface area contributed by atoms with Crippen molar-refractivity contribution in [3.8, 4) is 5.69 Å². The van der Waals surface area contributed by atoms with Gasteiger partial charge in [-0.3, -0.25) is 0 Å². The topological polar surface area (TPSA) is 80.5 Å². The molecular weight excluding hydrogens is 338 g/mol. The summed E-state index contributed by atoms with van der Waals surface area (Å²) >= 11 is 0. The summed E-state index contributed by atoms with van der Waals surface area (Å²) in [5, 5.41) is 11.1. The zero-order valence-corrected chi connectivity index (χ0v) is 15.8. The number of hydrogen-bond acceptors (Lipinski definition) is 6. The number of aryl methyl sites for hydroxylation is 1. The molecule has 2 aromatic heterocycles. The SMILES string of the molecule is Cc1nc(NC(C)c2ccc(-n3cncn3)cc2)cc(C2CCNCC2)n1. The molecule has 1 aliphatic heterocycles. The minimum atomic E-state index is 0.143. The first-order chi connectivity index (χ1) is 13.2. The molecule has 3 heterocycles. The summed E-state index contributed by atoms with van der Waals surface area (Å²) in [6.45, 7) is 6.23. The summed E-state index contributed by atoms with van der Waals surface area (Å²) < 4.78 is 1.75. The average Bonchev–Trinajstić information content (AvgIpc) is 3.23. The monoisotopic (exact) mass is 363 g/mol. The molecule has 1 saturated heterocycles. The fraction of sp³-hybridized carbons (Fsp3) is 0.400. The first-order valence-corrected chi connectivity index (χ1v) is 9.47. The molecule has 1 aliphatic rings. The zero-order valence-electron chi connectivity index (χ0n) is 15.8. The highest BCUT2D eigenvalue weighted by molar-refractivity contribution is 5.42. The Morgan fingerprint density at radius 3 is 2.63 bits per heavy atom. The molecule has 7 nitrogen and oxygen atoms in total. The molecular formula is C20H25N7. The number of nitrogens with zero attached hydrogens (tertiary/aromatic N) is 5. The predicted octanol–water partition coefficient (Wildman–Crippen LogP) is 3.01. The van der Waals surface area contributed by atoms with E-state index in [1.807, 2.05) is 19.1 Å². The van der Waals surface area contributed by atoms with E-state index >= 15 is 0 Å². The predicted molar refractivity (Wildman–Crippen MR) is 105 cm³/mol. The van der Waals surface area contributed by atoms with Gasteiger partial charge in [-0.25, -0.2) is 19.6 Å². The van der Waals surface area contributed by atoms with E-state index in [-0.39, 0.29) is 6.04 Å². The average molecular weight is 363 g/mol. The van der Waals surface area contributed by atoms with Crippen LogP contribution in [0.3, 0.4) is 0 Å². The van der Waals surface area contributed by atoms with Crippen molar-refractivity contribution in [1.82, 2.24) is 30.0 Å². The van der Waals surface area contributed by atoms with Gasteiger partial charge in [0.2, 0.25) is 0 Å². The van der Waals surface area contributed by atoms with Crippen LogP contribution in [0.25, 0.3) is 5.69 Å². The van der Waals surface area contributed by atoms with Gasteiger partial charge < -0.3 is 10.6 Å². The minimum Gasteiger partial charge on any atom is -0.363 e. The minimum absolute atomic E-state index is 0.143. The molecule has 3 aromatic rings. The first kappa shape index (κ1) is 17.6. The smallest absolute Gasteiger partial charge is 0.138 e. The number of rotatable bonds is 5. The molecule has 2 N–H and O–H groups in total. The maximum Gasteiger partial charge on any atom is 0.138 e. The van der Waals surface area contributed by atoms with E-state index in [1.54, 1.807) is 11.0 Å². The highest BCUT2D eigenvalue weighted by Gasteiger charge is 2.18. The lowest BCUT2D eigenvalue weighted by Gasteiger charge is -2.23. The molecule has 1 aromatic carbocycles. The van der Waals surface area contributed by atoms with Gasteiger partial charge in [0.1, 0.15) is 24.3 Å². The molecule has 0 amide bonds. The third-order valence-corrected chi connectivity index (χ3v) is 5.06. The van der Waals surface area contributed by atoms with Gasteiger partial charge in [0.15, 0.2) is 0 Å². The van der Waals surface area contributed by atoms with Crippen LogP contribution in [0.4, 0.5) is 5.82 Å². The quantitative estimate of drug-likeness (QED) is 0.725. The number of benzene rings is 1. The van der Waals surface area contributed by atoms with Crippen LogP contribution in [0.15, 0.2) is 43.0 Å². The van der Waals surface area contributed by atoms with Crippen molar-refractivity contribution >= 4 is 5.82 Å². The van der Waals surface area contributed by atoms with Gasteiger partial charge in [-0.15, -0.1) is 0 Å². The standard InChI is InChI=1S/C20H25N7/c1-14(16-3-5-18(6-4-16)27-13-22-12-23-27)24-20-11-19(25-15(2)26-20)17-7-9-21-10-8-17/h3-6,11-14,17,21H,7-10H2,1-2H3,(H,24,25,26). The second-order valence-corrected chi connectivity index (χ2v) is 7.05. The largest absolute Gasteiger partial charge is 0.363 e. The Morgan fingerprint density at radius 2 is 1.93 bits per heavy atom.